The fourth-order valence-corrected chi connectivity index (χ4v) is 1.41. The Bertz CT molecular complexity index is 498. The number of nitrogens with one attached hydrogen (secondary N) is 1. The first-order valence-electron chi connectivity index (χ1n) is 5.45. The van der Waals surface area contributed by atoms with Gasteiger partial charge in [-0.1, -0.05) is 43.0 Å². The molecule has 0 fully saturated rings. The second-order valence-electron chi connectivity index (χ2n) is 3.56. The van der Waals surface area contributed by atoms with Crippen molar-refractivity contribution >= 4 is 23.8 Å². The molecule has 0 aliphatic carbocycles. The molecular formula is C15H14N2. The monoisotopic (exact) mass is 222 g/mol. The topological polar surface area (TPSA) is 24.4 Å². The van der Waals surface area contributed by atoms with Crippen LogP contribution in [0.15, 0.2) is 66.2 Å². The summed E-state index contributed by atoms with van der Waals surface area (Å²) in [5, 5.41) is 3.11. The van der Waals surface area contributed by atoms with Gasteiger partial charge in [-0.25, -0.2) is 4.99 Å². The lowest BCUT2D eigenvalue weighted by atomic mass is 10.2. The SMILES string of the molecule is C=Cc1ccc(N=CNc2ccccc2)cc1. The number of hydrogen-bond donors (Lipinski definition) is 1. The summed E-state index contributed by atoms with van der Waals surface area (Å²) in [7, 11) is 0. The van der Waals surface area contributed by atoms with Crippen molar-refractivity contribution in [2.45, 2.75) is 0 Å². The molecule has 2 aromatic carbocycles. The van der Waals surface area contributed by atoms with Gasteiger partial charge in [-0.05, 0) is 29.8 Å². The number of aliphatic imine (C=N–C) groups is 1. The van der Waals surface area contributed by atoms with E-state index in [1.807, 2.05) is 60.7 Å². The van der Waals surface area contributed by atoms with Crippen LogP contribution in [-0.2, 0) is 0 Å². The number of para-hydroxylation sites is 1. The van der Waals surface area contributed by atoms with Crippen molar-refractivity contribution in [2.24, 2.45) is 4.99 Å². The number of benzene rings is 2. The third-order valence-corrected chi connectivity index (χ3v) is 2.35. The van der Waals surface area contributed by atoms with Gasteiger partial charge >= 0.3 is 0 Å². The van der Waals surface area contributed by atoms with E-state index in [-0.39, 0.29) is 0 Å². The van der Waals surface area contributed by atoms with Gasteiger partial charge in [-0.3, -0.25) is 0 Å². The van der Waals surface area contributed by atoms with E-state index in [1.54, 1.807) is 6.34 Å². The van der Waals surface area contributed by atoms with Gasteiger partial charge in [0, 0.05) is 5.69 Å². The van der Waals surface area contributed by atoms with Crippen LogP contribution in [0.3, 0.4) is 0 Å². The Morgan fingerprint density at radius 2 is 1.65 bits per heavy atom. The molecule has 1 N–H and O–H groups in total. The predicted molar refractivity (Wildman–Crippen MR) is 74.7 cm³/mol. The Kier molecular flexibility index (Phi) is 3.71. The highest BCUT2D eigenvalue weighted by atomic mass is 14.9. The molecule has 2 nitrogen and oxygen atoms in total. The van der Waals surface area contributed by atoms with Gasteiger partial charge in [0.1, 0.15) is 0 Å². The molecule has 17 heavy (non-hydrogen) atoms. The number of hydrogen-bond acceptors (Lipinski definition) is 1. The first-order chi connectivity index (χ1) is 8.38. The minimum Gasteiger partial charge on any atom is -0.346 e. The van der Waals surface area contributed by atoms with Crippen LogP contribution >= 0.6 is 0 Å². The van der Waals surface area contributed by atoms with Gasteiger partial charge in [-0.2, -0.15) is 0 Å². The van der Waals surface area contributed by atoms with Gasteiger partial charge in [-0.15, -0.1) is 0 Å². The molecule has 0 amide bonds. The van der Waals surface area contributed by atoms with E-state index in [4.69, 9.17) is 0 Å². The van der Waals surface area contributed by atoms with E-state index in [1.165, 1.54) is 0 Å². The molecule has 0 saturated heterocycles. The minimum atomic E-state index is 0.916. The van der Waals surface area contributed by atoms with E-state index in [0.29, 0.717) is 0 Å². The molecule has 0 aromatic heterocycles. The fraction of sp³-hybridized carbons (Fsp3) is 0. The van der Waals surface area contributed by atoms with Crippen molar-refractivity contribution in [3.63, 3.8) is 0 Å². The molecule has 2 rings (SSSR count). The van der Waals surface area contributed by atoms with Crippen molar-refractivity contribution < 1.29 is 0 Å². The number of nitrogens with zero attached hydrogens (tertiary/aromatic N) is 1. The molecule has 0 heterocycles. The Hall–Kier alpha value is -2.35. The molecule has 2 aromatic rings. The van der Waals surface area contributed by atoms with Crippen LogP contribution in [0.4, 0.5) is 11.4 Å². The smallest absolute Gasteiger partial charge is 0.0930 e. The normalized spacial score (nSPS) is 10.4. The zero-order chi connectivity index (χ0) is 11.9. The van der Waals surface area contributed by atoms with Crippen LogP contribution in [0.5, 0.6) is 0 Å². The van der Waals surface area contributed by atoms with Crippen molar-refractivity contribution in [1.29, 1.82) is 0 Å². The maximum absolute atomic E-state index is 4.31. The average Bonchev–Trinajstić information content (AvgIpc) is 2.41. The summed E-state index contributed by atoms with van der Waals surface area (Å²) in [5.74, 6) is 0. The molecule has 0 saturated carbocycles. The maximum Gasteiger partial charge on any atom is 0.0930 e. The molecule has 0 aliphatic heterocycles. The Morgan fingerprint density at radius 3 is 2.29 bits per heavy atom. The Morgan fingerprint density at radius 1 is 0.941 bits per heavy atom. The lowest BCUT2D eigenvalue weighted by Crippen LogP contribution is -1.92. The van der Waals surface area contributed by atoms with E-state index in [0.717, 1.165) is 16.9 Å². The maximum atomic E-state index is 4.31. The molecule has 0 bridgehead atoms. The standard InChI is InChI=1S/C15H14N2/c1-2-13-8-10-15(11-9-13)17-12-16-14-6-4-3-5-7-14/h2-12H,1H2,(H,16,17). The van der Waals surface area contributed by atoms with Crippen LogP contribution < -0.4 is 5.32 Å². The molecule has 0 aliphatic rings. The van der Waals surface area contributed by atoms with Crippen molar-refractivity contribution in [1.82, 2.24) is 0 Å². The van der Waals surface area contributed by atoms with Crippen LogP contribution in [0.2, 0.25) is 0 Å². The second-order valence-corrected chi connectivity index (χ2v) is 3.56. The third-order valence-electron chi connectivity index (χ3n) is 2.35. The van der Waals surface area contributed by atoms with Gasteiger partial charge in [0.05, 0.1) is 12.0 Å². The molecule has 84 valence electrons. The Balaban J connectivity index is 1.98. The lowest BCUT2D eigenvalue weighted by molar-refractivity contribution is 1.51. The molecule has 0 atom stereocenters. The summed E-state index contributed by atoms with van der Waals surface area (Å²) in [6, 6.07) is 17.8. The van der Waals surface area contributed by atoms with Gasteiger partial charge < -0.3 is 5.32 Å². The summed E-state index contributed by atoms with van der Waals surface area (Å²) in [4.78, 5) is 4.31. The summed E-state index contributed by atoms with van der Waals surface area (Å²) >= 11 is 0. The second kappa shape index (κ2) is 5.66. The van der Waals surface area contributed by atoms with E-state index < -0.39 is 0 Å². The van der Waals surface area contributed by atoms with Crippen LogP contribution in [0, 0.1) is 0 Å². The minimum absolute atomic E-state index is 0.916. The predicted octanol–water partition coefficient (Wildman–Crippen LogP) is 4.10. The van der Waals surface area contributed by atoms with Crippen molar-refractivity contribution in [2.75, 3.05) is 5.32 Å². The van der Waals surface area contributed by atoms with Crippen LogP contribution in [0.25, 0.3) is 6.08 Å². The summed E-state index contributed by atoms with van der Waals surface area (Å²) in [5.41, 5.74) is 3.04. The van der Waals surface area contributed by atoms with Crippen LogP contribution in [0.1, 0.15) is 5.56 Å². The largest absolute Gasteiger partial charge is 0.346 e. The van der Waals surface area contributed by atoms with E-state index in [2.05, 4.69) is 16.9 Å². The molecule has 2 heteroatoms. The number of anilines is 1. The third kappa shape index (κ3) is 3.31. The summed E-state index contributed by atoms with van der Waals surface area (Å²) in [6.07, 6.45) is 3.51. The van der Waals surface area contributed by atoms with Gasteiger partial charge in [0.15, 0.2) is 0 Å². The zero-order valence-electron chi connectivity index (χ0n) is 9.51. The van der Waals surface area contributed by atoms with Crippen molar-refractivity contribution in [3.05, 3.63) is 66.7 Å². The van der Waals surface area contributed by atoms with Crippen molar-refractivity contribution in [3.8, 4) is 0 Å². The quantitative estimate of drug-likeness (QED) is 0.611. The van der Waals surface area contributed by atoms with E-state index in [9.17, 15) is 0 Å². The number of rotatable bonds is 4. The van der Waals surface area contributed by atoms with E-state index >= 15 is 0 Å². The highest BCUT2D eigenvalue weighted by Gasteiger charge is 1.88. The average molecular weight is 222 g/mol. The highest BCUT2D eigenvalue weighted by molar-refractivity contribution is 5.77. The summed E-state index contributed by atoms with van der Waals surface area (Å²) < 4.78 is 0. The first-order valence-corrected chi connectivity index (χ1v) is 5.45. The highest BCUT2D eigenvalue weighted by Crippen LogP contribution is 2.13. The molecule has 0 radical (unpaired) electrons. The molecule has 0 unspecified atom stereocenters. The van der Waals surface area contributed by atoms with Crippen LogP contribution in [-0.4, -0.2) is 6.34 Å². The van der Waals surface area contributed by atoms with Gasteiger partial charge in [0.2, 0.25) is 0 Å². The lowest BCUT2D eigenvalue weighted by Gasteiger charge is -1.99. The van der Waals surface area contributed by atoms with Gasteiger partial charge in [0.25, 0.3) is 0 Å². The molecule has 0 spiro atoms. The zero-order valence-corrected chi connectivity index (χ0v) is 9.51. The summed E-state index contributed by atoms with van der Waals surface area (Å²) in [6.45, 7) is 3.71. The fourth-order valence-electron chi connectivity index (χ4n) is 1.41. The molecular weight excluding hydrogens is 208 g/mol. The first kappa shape index (κ1) is 11.1. The Labute approximate surface area is 101 Å².